The van der Waals surface area contributed by atoms with E-state index in [1.807, 2.05) is 24.3 Å². The number of nitrogens with zero attached hydrogens (tertiary/aromatic N) is 4. The van der Waals surface area contributed by atoms with Gasteiger partial charge in [-0.25, -0.2) is 4.98 Å². The minimum Gasteiger partial charge on any atom is -0.548 e. The third-order valence-electron chi connectivity index (χ3n) is 5.41. The number of carboxylic acid groups (broad SMARTS) is 1. The summed E-state index contributed by atoms with van der Waals surface area (Å²) in [5.41, 5.74) is 3.15. The Bertz CT molecular complexity index is 1390. The molecule has 0 N–H and O–H groups in total. The van der Waals surface area contributed by atoms with Crippen molar-refractivity contribution in [2.75, 3.05) is 0 Å². The molecule has 0 fully saturated rings. The van der Waals surface area contributed by atoms with E-state index in [0.29, 0.717) is 29.3 Å². The minimum absolute atomic E-state index is 0. The Morgan fingerprint density at radius 1 is 0.975 bits per heavy atom. The number of carboxylic acids is 1. The van der Waals surface area contributed by atoms with Crippen molar-refractivity contribution in [1.82, 2.24) is 20.0 Å². The summed E-state index contributed by atoms with van der Waals surface area (Å²) >= 11 is 0. The molecule has 204 valence electrons. The summed E-state index contributed by atoms with van der Waals surface area (Å²) < 4.78 is 51.8. The van der Waals surface area contributed by atoms with Crippen LogP contribution in [0.5, 0.6) is 11.5 Å². The first-order chi connectivity index (χ1) is 18.7. The average Bonchev–Trinajstić information content (AvgIpc) is 3.54. The Hall–Kier alpha value is -3.61. The van der Waals surface area contributed by atoms with Crippen LogP contribution >= 0.6 is 0 Å². The Morgan fingerprint density at radius 2 is 1.68 bits per heavy atom. The van der Waals surface area contributed by atoms with Crippen LogP contribution in [0.4, 0.5) is 13.2 Å². The first-order valence-corrected chi connectivity index (χ1v) is 12.0. The number of ether oxygens (including phenoxy) is 2. The van der Waals surface area contributed by atoms with E-state index in [1.165, 1.54) is 30.5 Å². The molecule has 0 aliphatic rings. The molecule has 2 aromatic heterocycles. The fourth-order valence-electron chi connectivity index (χ4n) is 3.60. The van der Waals surface area contributed by atoms with E-state index in [2.05, 4.69) is 19.9 Å². The molecule has 13 heteroatoms. The van der Waals surface area contributed by atoms with E-state index in [1.54, 1.807) is 18.3 Å². The third-order valence-corrected chi connectivity index (χ3v) is 5.41. The number of carbonyl (C=O) groups is 1. The molecule has 9 nitrogen and oxygen atoms in total. The Labute approximate surface area is 249 Å². The topological polar surface area (TPSA) is 115 Å². The van der Waals surface area contributed by atoms with Crippen molar-refractivity contribution < 1.29 is 66.5 Å². The van der Waals surface area contributed by atoms with Gasteiger partial charge in [-0.2, -0.15) is 15.0 Å². The number of aryl methyl sites for hydroxylation is 2. The van der Waals surface area contributed by atoms with Crippen molar-refractivity contribution in [3.63, 3.8) is 0 Å². The fraction of sp³-hybridized carbons (Fsp3) is 0.259. The number of carbonyl (C=O) groups excluding carboxylic acids is 1. The quantitative estimate of drug-likeness (QED) is 0.176. The van der Waals surface area contributed by atoms with Crippen molar-refractivity contribution in [1.29, 1.82) is 0 Å². The second-order valence-electron chi connectivity index (χ2n) is 8.51. The van der Waals surface area contributed by atoms with Crippen LogP contribution in [0, 0.1) is 0 Å². The van der Waals surface area contributed by atoms with Crippen molar-refractivity contribution in [2.45, 2.75) is 45.2 Å². The van der Waals surface area contributed by atoms with E-state index in [-0.39, 0.29) is 48.5 Å². The number of aliphatic carboxylic acids is 1. The third kappa shape index (κ3) is 10.5. The van der Waals surface area contributed by atoms with Crippen LogP contribution in [0.15, 0.2) is 65.4 Å². The molecule has 40 heavy (non-hydrogen) atoms. The largest absolute Gasteiger partial charge is 1.00 e. The molecule has 0 spiro atoms. The molecular weight excluding hydrogens is 540 g/mol. The molecule has 2 aromatic carbocycles. The molecule has 0 aliphatic heterocycles. The second-order valence-corrected chi connectivity index (χ2v) is 8.51. The van der Waals surface area contributed by atoms with Gasteiger partial charge in [-0.15, -0.1) is 13.2 Å². The second kappa shape index (κ2) is 14.7. The van der Waals surface area contributed by atoms with Gasteiger partial charge >= 0.3 is 35.9 Å². The molecule has 0 saturated heterocycles. The van der Waals surface area contributed by atoms with Gasteiger partial charge in [-0.1, -0.05) is 24.3 Å². The SMILES string of the molecule is O=C([O-])Cn1ncc(CCCCc2ccc(OCc3coc(C=Cc4ccc(OC(F)(F)F)cc4)n3)cc2)n1.[Na+]. The normalized spacial score (nSPS) is 11.4. The first-order valence-electron chi connectivity index (χ1n) is 12.0. The maximum absolute atomic E-state index is 12.3. The molecule has 0 amide bonds. The van der Waals surface area contributed by atoms with Crippen molar-refractivity contribution >= 4 is 18.1 Å². The summed E-state index contributed by atoms with van der Waals surface area (Å²) in [6.45, 7) is -0.146. The van der Waals surface area contributed by atoms with Gasteiger partial charge in [0.25, 0.3) is 0 Å². The summed E-state index contributed by atoms with van der Waals surface area (Å²) in [4.78, 5) is 16.0. The zero-order valence-corrected chi connectivity index (χ0v) is 23.6. The number of benzene rings is 2. The summed E-state index contributed by atoms with van der Waals surface area (Å²) in [5, 5.41) is 18.6. The number of rotatable bonds is 13. The van der Waals surface area contributed by atoms with E-state index in [4.69, 9.17) is 9.15 Å². The molecule has 0 unspecified atom stereocenters. The summed E-state index contributed by atoms with van der Waals surface area (Å²) in [6.07, 6.45) is 5.01. The van der Waals surface area contributed by atoms with Crippen LogP contribution in [-0.4, -0.2) is 32.3 Å². The zero-order chi connectivity index (χ0) is 27.7. The molecule has 4 aromatic rings. The monoisotopic (exact) mass is 564 g/mol. The fourth-order valence-corrected chi connectivity index (χ4v) is 3.60. The summed E-state index contributed by atoms with van der Waals surface area (Å²) in [5.74, 6) is -0.499. The maximum Gasteiger partial charge on any atom is 1.00 e. The predicted molar refractivity (Wildman–Crippen MR) is 131 cm³/mol. The van der Waals surface area contributed by atoms with Gasteiger partial charge < -0.3 is 23.8 Å². The van der Waals surface area contributed by atoms with Crippen LogP contribution in [-0.2, 0) is 30.8 Å². The smallest absolute Gasteiger partial charge is 0.548 e. The van der Waals surface area contributed by atoms with Gasteiger partial charge in [-0.05, 0) is 67.2 Å². The van der Waals surface area contributed by atoms with E-state index < -0.39 is 12.3 Å². The van der Waals surface area contributed by atoms with Crippen LogP contribution in [0.25, 0.3) is 12.2 Å². The molecule has 0 atom stereocenters. The Balaban J connectivity index is 0.00000441. The van der Waals surface area contributed by atoms with Gasteiger partial charge in [0.15, 0.2) is 0 Å². The van der Waals surface area contributed by atoms with Gasteiger partial charge in [-0.3, -0.25) is 0 Å². The molecule has 0 aliphatic carbocycles. The van der Waals surface area contributed by atoms with E-state index in [0.717, 1.165) is 35.3 Å². The molecular formula is C27H24F3N4NaO5. The van der Waals surface area contributed by atoms with Gasteiger partial charge in [0.1, 0.15) is 36.6 Å². The van der Waals surface area contributed by atoms with Crippen LogP contribution < -0.4 is 44.1 Å². The van der Waals surface area contributed by atoms with Crippen molar-refractivity contribution in [3.8, 4) is 11.5 Å². The number of aromatic nitrogens is 4. The van der Waals surface area contributed by atoms with Crippen LogP contribution in [0.1, 0.15) is 41.2 Å². The van der Waals surface area contributed by atoms with Crippen LogP contribution in [0.3, 0.4) is 0 Å². The molecule has 0 bridgehead atoms. The number of oxazole rings is 1. The number of hydrogen-bond donors (Lipinski definition) is 0. The zero-order valence-electron chi connectivity index (χ0n) is 21.6. The van der Waals surface area contributed by atoms with Crippen molar-refractivity contribution in [2.24, 2.45) is 0 Å². The van der Waals surface area contributed by atoms with Gasteiger partial charge in [0.2, 0.25) is 5.89 Å². The predicted octanol–water partition coefficient (Wildman–Crippen LogP) is 1.23. The number of hydrogen-bond acceptors (Lipinski definition) is 8. The van der Waals surface area contributed by atoms with Crippen molar-refractivity contribution in [3.05, 3.63) is 89.4 Å². The first kappa shape index (κ1) is 30.9. The summed E-state index contributed by atoms with van der Waals surface area (Å²) in [6, 6.07) is 13.2. The Kier molecular flexibility index (Phi) is 11.4. The standard InChI is InChI=1S/C27H25F3N4O5.Na/c28-27(29,30)39-24-12-7-20(8-13-24)9-14-25-32-22(18-38-25)17-37-23-10-5-19(6-11-23)3-1-2-4-21-15-31-34(33-21)16-26(35)36;/h5-15,18H,1-4,16-17H2,(H,35,36);/q;+1/p-1. The molecule has 4 rings (SSSR count). The van der Waals surface area contributed by atoms with Crippen LogP contribution in [0.2, 0.25) is 0 Å². The number of alkyl halides is 3. The average molecular weight is 564 g/mol. The molecule has 0 radical (unpaired) electrons. The maximum atomic E-state index is 12.3. The number of halogens is 3. The Morgan fingerprint density at radius 3 is 2.38 bits per heavy atom. The molecule has 2 heterocycles. The minimum atomic E-state index is -4.73. The van der Waals surface area contributed by atoms with E-state index >= 15 is 0 Å². The van der Waals surface area contributed by atoms with Gasteiger partial charge in [0, 0.05) is 6.08 Å². The van der Waals surface area contributed by atoms with Gasteiger partial charge in [0.05, 0.1) is 17.9 Å². The molecule has 0 saturated carbocycles. The summed E-state index contributed by atoms with van der Waals surface area (Å²) in [7, 11) is 0. The van der Waals surface area contributed by atoms with E-state index in [9.17, 15) is 23.1 Å². The number of unbranched alkanes of at least 4 members (excludes halogenated alkanes) is 1.